The van der Waals surface area contributed by atoms with E-state index in [0.29, 0.717) is 0 Å². The molecule has 0 unspecified atom stereocenters. The molecule has 0 spiro atoms. The second kappa shape index (κ2) is 4.84. The van der Waals surface area contributed by atoms with Crippen molar-refractivity contribution in [2.75, 3.05) is 0 Å². The Labute approximate surface area is 112 Å². The van der Waals surface area contributed by atoms with E-state index in [2.05, 4.69) is 46.9 Å². The smallest absolute Gasteiger partial charge is 0.0838 e. The average Bonchev–Trinajstić information content (AvgIpc) is 2.77. The lowest BCUT2D eigenvalue weighted by Gasteiger charge is -2.03. The van der Waals surface area contributed by atoms with Crippen LogP contribution in [0.15, 0.2) is 42.5 Å². The zero-order valence-electron chi connectivity index (χ0n) is 11.3. The quantitative estimate of drug-likeness (QED) is 0.714. The first-order chi connectivity index (χ1) is 9.28. The Kier molecular flexibility index (Phi) is 3.03. The van der Waals surface area contributed by atoms with Crippen molar-refractivity contribution in [2.45, 2.75) is 26.8 Å². The molecule has 2 heterocycles. The van der Waals surface area contributed by atoms with Crippen LogP contribution in [-0.2, 0) is 13.0 Å². The minimum absolute atomic E-state index is 0.724. The highest BCUT2D eigenvalue weighted by molar-refractivity contribution is 5.82. The van der Waals surface area contributed by atoms with Crippen LogP contribution >= 0.6 is 0 Å². The number of hydrogen-bond donors (Lipinski definition) is 0. The monoisotopic (exact) mass is 251 g/mol. The number of hydrogen-bond acceptors (Lipinski definition) is 2. The van der Waals surface area contributed by atoms with Crippen LogP contribution in [0.5, 0.6) is 0 Å². The fourth-order valence-corrected chi connectivity index (χ4v) is 2.42. The summed E-state index contributed by atoms with van der Waals surface area (Å²) < 4.78 is 2.05. The highest BCUT2D eigenvalue weighted by Crippen LogP contribution is 2.19. The zero-order valence-corrected chi connectivity index (χ0v) is 11.3. The Bertz CT molecular complexity index is 713. The lowest BCUT2D eigenvalue weighted by Crippen LogP contribution is -2.04. The van der Waals surface area contributed by atoms with Gasteiger partial charge in [0, 0.05) is 11.1 Å². The molecule has 0 aliphatic rings. The van der Waals surface area contributed by atoms with Crippen LogP contribution in [0.25, 0.3) is 10.9 Å². The summed E-state index contributed by atoms with van der Waals surface area (Å²) in [6, 6.07) is 14.5. The van der Waals surface area contributed by atoms with Crippen LogP contribution in [0.2, 0.25) is 0 Å². The zero-order chi connectivity index (χ0) is 13.2. The molecule has 0 saturated heterocycles. The lowest BCUT2D eigenvalue weighted by molar-refractivity contribution is 0.680. The maximum Gasteiger partial charge on any atom is 0.0838 e. The van der Waals surface area contributed by atoms with Gasteiger partial charge in [0.05, 0.1) is 23.4 Å². The van der Waals surface area contributed by atoms with Gasteiger partial charge in [0.2, 0.25) is 0 Å². The molecule has 0 bridgehead atoms. The molecule has 0 atom stereocenters. The van der Waals surface area contributed by atoms with Gasteiger partial charge in [0.25, 0.3) is 0 Å². The molecule has 3 heteroatoms. The van der Waals surface area contributed by atoms with Crippen molar-refractivity contribution in [1.29, 1.82) is 0 Å². The van der Waals surface area contributed by atoms with Gasteiger partial charge in [-0.2, -0.15) is 5.10 Å². The van der Waals surface area contributed by atoms with Gasteiger partial charge in [0.1, 0.15) is 0 Å². The van der Waals surface area contributed by atoms with Gasteiger partial charge in [0.15, 0.2) is 0 Å². The van der Waals surface area contributed by atoms with Gasteiger partial charge in [-0.05, 0) is 31.5 Å². The summed E-state index contributed by atoms with van der Waals surface area (Å²) in [6.07, 6.45) is 0.953. The third kappa shape index (κ3) is 2.24. The van der Waals surface area contributed by atoms with Crippen molar-refractivity contribution in [3.63, 3.8) is 0 Å². The number of rotatable bonds is 3. The van der Waals surface area contributed by atoms with Gasteiger partial charge in [-0.15, -0.1) is 0 Å². The molecule has 3 rings (SSSR count). The third-order valence-corrected chi connectivity index (χ3v) is 3.33. The van der Waals surface area contributed by atoms with Crippen molar-refractivity contribution in [1.82, 2.24) is 14.8 Å². The highest BCUT2D eigenvalue weighted by Gasteiger charge is 2.09. The Morgan fingerprint density at radius 3 is 2.68 bits per heavy atom. The lowest BCUT2D eigenvalue weighted by atomic mass is 10.2. The van der Waals surface area contributed by atoms with Crippen LogP contribution in [0, 0.1) is 6.92 Å². The van der Waals surface area contributed by atoms with Crippen molar-refractivity contribution in [3.8, 4) is 0 Å². The average molecular weight is 251 g/mol. The molecular weight excluding hydrogens is 234 g/mol. The maximum absolute atomic E-state index is 4.71. The fourth-order valence-electron chi connectivity index (χ4n) is 2.42. The van der Waals surface area contributed by atoms with E-state index in [1.165, 1.54) is 10.9 Å². The molecular formula is C16H17N3. The van der Waals surface area contributed by atoms with Crippen LogP contribution in [0.3, 0.4) is 0 Å². The van der Waals surface area contributed by atoms with Crippen LogP contribution in [-0.4, -0.2) is 14.8 Å². The third-order valence-electron chi connectivity index (χ3n) is 3.33. The molecule has 0 fully saturated rings. The van der Waals surface area contributed by atoms with Gasteiger partial charge in [-0.1, -0.05) is 31.2 Å². The Balaban J connectivity index is 2.06. The van der Waals surface area contributed by atoms with Gasteiger partial charge in [-0.25, -0.2) is 0 Å². The number of benzene rings is 1. The van der Waals surface area contributed by atoms with E-state index in [0.717, 1.165) is 30.0 Å². The fraction of sp³-hybridized carbons (Fsp3) is 0.250. The summed E-state index contributed by atoms with van der Waals surface area (Å²) in [5, 5.41) is 5.96. The summed E-state index contributed by atoms with van der Waals surface area (Å²) in [5.41, 5.74) is 4.44. The molecule has 3 nitrogen and oxygen atoms in total. The predicted octanol–water partition coefficient (Wildman–Crippen LogP) is 3.35. The minimum atomic E-state index is 0.724. The summed E-state index contributed by atoms with van der Waals surface area (Å²) >= 11 is 0. The van der Waals surface area contributed by atoms with E-state index < -0.39 is 0 Å². The van der Waals surface area contributed by atoms with E-state index in [1.807, 2.05) is 19.1 Å². The van der Waals surface area contributed by atoms with Gasteiger partial charge >= 0.3 is 0 Å². The van der Waals surface area contributed by atoms with E-state index in [9.17, 15) is 0 Å². The molecule has 96 valence electrons. The molecule has 2 aromatic heterocycles. The summed E-state index contributed by atoms with van der Waals surface area (Å²) in [6.45, 7) is 4.88. The number of aromatic nitrogens is 3. The minimum Gasteiger partial charge on any atom is -0.259 e. The summed E-state index contributed by atoms with van der Waals surface area (Å²) in [7, 11) is 0. The standard InChI is InChI=1S/C16H17N3/c1-3-15-14-9-4-5-10-16(14)19(18-15)11-13-8-6-7-12(2)17-13/h4-10H,3,11H2,1-2H3. The van der Waals surface area contributed by atoms with E-state index in [4.69, 9.17) is 5.10 Å². The SMILES string of the molecule is CCc1nn(Cc2cccc(C)n2)c2ccccc12. The largest absolute Gasteiger partial charge is 0.259 e. The second-order valence-corrected chi connectivity index (χ2v) is 4.75. The molecule has 0 aliphatic heterocycles. The number of pyridine rings is 1. The van der Waals surface area contributed by atoms with Gasteiger partial charge in [-0.3, -0.25) is 9.67 Å². The molecule has 0 saturated carbocycles. The van der Waals surface area contributed by atoms with Crippen LogP contribution < -0.4 is 0 Å². The van der Waals surface area contributed by atoms with Crippen LogP contribution in [0.1, 0.15) is 24.0 Å². The molecule has 0 N–H and O–H groups in total. The number of aryl methyl sites for hydroxylation is 2. The van der Waals surface area contributed by atoms with Crippen molar-refractivity contribution < 1.29 is 0 Å². The molecule has 19 heavy (non-hydrogen) atoms. The summed E-state index contributed by atoms with van der Waals surface area (Å²) in [5.74, 6) is 0. The van der Waals surface area contributed by atoms with E-state index >= 15 is 0 Å². The van der Waals surface area contributed by atoms with Crippen molar-refractivity contribution in [3.05, 3.63) is 59.5 Å². The molecule has 1 aromatic carbocycles. The maximum atomic E-state index is 4.71. The first kappa shape index (κ1) is 11.9. The number of para-hydroxylation sites is 1. The van der Waals surface area contributed by atoms with Gasteiger partial charge < -0.3 is 0 Å². The van der Waals surface area contributed by atoms with Crippen LogP contribution in [0.4, 0.5) is 0 Å². The predicted molar refractivity (Wildman–Crippen MR) is 77.2 cm³/mol. The summed E-state index contributed by atoms with van der Waals surface area (Å²) in [4.78, 5) is 4.55. The normalized spacial score (nSPS) is 11.1. The second-order valence-electron chi connectivity index (χ2n) is 4.75. The number of nitrogens with zero attached hydrogens (tertiary/aromatic N) is 3. The van der Waals surface area contributed by atoms with Crippen molar-refractivity contribution >= 4 is 10.9 Å². The molecule has 3 aromatic rings. The molecule has 0 aliphatic carbocycles. The Hall–Kier alpha value is -2.16. The number of fused-ring (bicyclic) bond motifs is 1. The van der Waals surface area contributed by atoms with Crippen molar-refractivity contribution in [2.24, 2.45) is 0 Å². The molecule has 0 amide bonds. The van der Waals surface area contributed by atoms with E-state index in [-0.39, 0.29) is 0 Å². The highest BCUT2D eigenvalue weighted by atomic mass is 15.3. The first-order valence-corrected chi connectivity index (χ1v) is 6.65. The molecule has 0 radical (unpaired) electrons. The topological polar surface area (TPSA) is 30.7 Å². The Morgan fingerprint density at radius 2 is 1.89 bits per heavy atom. The Morgan fingerprint density at radius 1 is 1.05 bits per heavy atom. The first-order valence-electron chi connectivity index (χ1n) is 6.65. The van der Waals surface area contributed by atoms with E-state index in [1.54, 1.807) is 0 Å².